The number of rotatable bonds is 29. The molecule has 0 fully saturated rings. The molecular formula is C35H62O7. The average Bonchev–Trinajstić information content (AvgIpc) is 2.97. The molecule has 0 spiro atoms. The largest absolute Gasteiger partial charge is 0.503 e. The van der Waals surface area contributed by atoms with Gasteiger partial charge in [-0.1, -0.05) is 130 Å². The van der Waals surface area contributed by atoms with E-state index >= 15 is 0 Å². The van der Waals surface area contributed by atoms with Crippen molar-refractivity contribution in [2.45, 2.75) is 156 Å². The van der Waals surface area contributed by atoms with Crippen molar-refractivity contribution < 1.29 is 34.0 Å². The molecule has 0 bridgehead atoms. The molecule has 244 valence electrons. The van der Waals surface area contributed by atoms with Crippen molar-refractivity contribution in [3.05, 3.63) is 5.56 Å². The summed E-state index contributed by atoms with van der Waals surface area (Å²) in [6.07, 6.45) is 21.2. The standard InChI is InChI=1S/C35H62O7/c1-5-9-13-17-21-25-39-31-29(35(37)38)30(36)32(40-26-22-18-14-10-6-2)34(42-28-24-20-16-12-8-4)33(31)41-27-23-19-15-11-7-3/h36H,5-28H2,1-4H3,(H,37,38). The third-order valence-corrected chi connectivity index (χ3v) is 7.49. The Morgan fingerprint density at radius 3 is 1.07 bits per heavy atom. The number of carboxylic acid groups (broad SMARTS) is 1. The van der Waals surface area contributed by atoms with E-state index < -0.39 is 11.7 Å². The Balaban J connectivity index is 3.34. The lowest BCUT2D eigenvalue weighted by molar-refractivity contribution is 0.0685. The second-order valence-electron chi connectivity index (χ2n) is 11.4. The maximum atomic E-state index is 12.5. The fourth-order valence-electron chi connectivity index (χ4n) is 4.90. The van der Waals surface area contributed by atoms with Crippen LogP contribution in [0, 0.1) is 0 Å². The molecule has 0 heterocycles. The van der Waals surface area contributed by atoms with E-state index in [-0.39, 0.29) is 28.6 Å². The quantitative estimate of drug-likeness (QED) is 0.0891. The van der Waals surface area contributed by atoms with Crippen LogP contribution in [0.4, 0.5) is 0 Å². The number of carbonyl (C=O) groups is 1. The van der Waals surface area contributed by atoms with Crippen molar-refractivity contribution in [1.82, 2.24) is 0 Å². The molecule has 1 rings (SSSR count). The molecular weight excluding hydrogens is 532 g/mol. The lowest BCUT2D eigenvalue weighted by Gasteiger charge is -2.23. The fourth-order valence-corrected chi connectivity index (χ4v) is 4.90. The Morgan fingerprint density at radius 2 is 0.738 bits per heavy atom. The average molecular weight is 595 g/mol. The number of hydrogen-bond acceptors (Lipinski definition) is 6. The zero-order chi connectivity index (χ0) is 30.8. The van der Waals surface area contributed by atoms with Crippen molar-refractivity contribution in [3.8, 4) is 28.7 Å². The summed E-state index contributed by atoms with van der Waals surface area (Å²) in [6.45, 7) is 10.2. The topological polar surface area (TPSA) is 94.5 Å². The number of hydrogen-bond donors (Lipinski definition) is 2. The molecule has 0 aliphatic heterocycles. The number of benzene rings is 1. The molecule has 0 saturated heterocycles. The first-order valence-corrected chi connectivity index (χ1v) is 17.2. The summed E-state index contributed by atoms with van der Waals surface area (Å²) >= 11 is 0. The van der Waals surface area contributed by atoms with Crippen molar-refractivity contribution in [2.24, 2.45) is 0 Å². The predicted octanol–water partition coefficient (Wildman–Crippen LogP) is 10.5. The van der Waals surface area contributed by atoms with Gasteiger partial charge < -0.3 is 29.2 Å². The SMILES string of the molecule is CCCCCCCOc1c(O)c(C(=O)O)c(OCCCCCCC)c(OCCCCCCC)c1OCCCCCCC. The molecule has 0 unspecified atom stereocenters. The van der Waals surface area contributed by atoms with Crippen LogP contribution in [0.2, 0.25) is 0 Å². The molecule has 2 N–H and O–H groups in total. The van der Waals surface area contributed by atoms with Crippen LogP contribution < -0.4 is 18.9 Å². The molecule has 7 nitrogen and oxygen atoms in total. The summed E-state index contributed by atoms with van der Waals surface area (Å²) in [7, 11) is 0. The van der Waals surface area contributed by atoms with Crippen molar-refractivity contribution in [2.75, 3.05) is 26.4 Å². The second kappa shape index (κ2) is 25.2. The van der Waals surface area contributed by atoms with Gasteiger partial charge in [0.05, 0.1) is 26.4 Å². The van der Waals surface area contributed by atoms with Crippen LogP contribution in [0.15, 0.2) is 0 Å². The van der Waals surface area contributed by atoms with Gasteiger partial charge in [-0.2, -0.15) is 0 Å². The third kappa shape index (κ3) is 15.2. The number of phenols is 1. The Hall–Kier alpha value is -2.31. The van der Waals surface area contributed by atoms with Crippen LogP contribution in [0.1, 0.15) is 166 Å². The fraction of sp³-hybridized carbons (Fsp3) is 0.800. The van der Waals surface area contributed by atoms with Crippen molar-refractivity contribution in [1.29, 1.82) is 0 Å². The van der Waals surface area contributed by atoms with Gasteiger partial charge in [-0.25, -0.2) is 4.79 Å². The zero-order valence-corrected chi connectivity index (χ0v) is 27.4. The first-order valence-electron chi connectivity index (χ1n) is 17.2. The Morgan fingerprint density at radius 1 is 0.452 bits per heavy atom. The highest BCUT2D eigenvalue weighted by Gasteiger charge is 2.32. The highest BCUT2D eigenvalue weighted by molar-refractivity contribution is 5.97. The van der Waals surface area contributed by atoms with Gasteiger partial charge in [0.1, 0.15) is 0 Å². The van der Waals surface area contributed by atoms with E-state index in [4.69, 9.17) is 18.9 Å². The molecule has 0 amide bonds. The molecule has 0 aliphatic rings. The van der Waals surface area contributed by atoms with Crippen LogP contribution in [0.5, 0.6) is 28.7 Å². The lowest BCUT2D eigenvalue weighted by atomic mass is 10.1. The number of carboxylic acids is 1. The van der Waals surface area contributed by atoms with Gasteiger partial charge in [-0.05, 0) is 25.7 Å². The van der Waals surface area contributed by atoms with Gasteiger partial charge in [0, 0.05) is 0 Å². The second-order valence-corrected chi connectivity index (χ2v) is 11.4. The minimum absolute atomic E-state index is 0.0420. The maximum Gasteiger partial charge on any atom is 0.343 e. The van der Waals surface area contributed by atoms with Crippen molar-refractivity contribution in [3.63, 3.8) is 0 Å². The Kier molecular flexibility index (Phi) is 22.6. The maximum absolute atomic E-state index is 12.5. The molecule has 0 aromatic heterocycles. The molecule has 0 radical (unpaired) electrons. The summed E-state index contributed by atoms with van der Waals surface area (Å²) in [6, 6.07) is 0. The first kappa shape index (κ1) is 37.7. The molecule has 7 heteroatoms. The summed E-state index contributed by atoms with van der Waals surface area (Å²) in [5.74, 6) is -1.14. The molecule has 0 aliphatic carbocycles. The van der Waals surface area contributed by atoms with Crippen LogP contribution in [-0.4, -0.2) is 42.6 Å². The first-order chi connectivity index (χ1) is 20.5. The van der Waals surface area contributed by atoms with Gasteiger partial charge in [-0.15, -0.1) is 0 Å². The lowest BCUT2D eigenvalue weighted by Crippen LogP contribution is -2.13. The van der Waals surface area contributed by atoms with E-state index in [9.17, 15) is 15.0 Å². The highest BCUT2D eigenvalue weighted by atomic mass is 16.6. The van der Waals surface area contributed by atoms with Crippen LogP contribution in [0.25, 0.3) is 0 Å². The summed E-state index contributed by atoms with van der Waals surface area (Å²) in [4.78, 5) is 12.5. The molecule has 0 atom stereocenters. The number of aromatic carboxylic acids is 1. The highest BCUT2D eigenvalue weighted by Crippen LogP contribution is 2.53. The minimum Gasteiger partial charge on any atom is -0.503 e. The Labute approximate surface area is 256 Å². The van der Waals surface area contributed by atoms with E-state index in [0.29, 0.717) is 26.4 Å². The summed E-state index contributed by atoms with van der Waals surface area (Å²) in [5, 5.41) is 21.5. The van der Waals surface area contributed by atoms with E-state index in [1.54, 1.807) is 0 Å². The zero-order valence-electron chi connectivity index (χ0n) is 27.4. The smallest absolute Gasteiger partial charge is 0.343 e. The number of aromatic hydroxyl groups is 1. The summed E-state index contributed by atoms with van der Waals surface area (Å²) in [5.41, 5.74) is -0.319. The van der Waals surface area contributed by atoms with E-state index in [1.165, 1.54) is 19.3 Å². The molecule has 0 saturated carbocycles. The van der Waals surface area contributed by atoms with Gasteiger partial charge in [-0.3, -0.25) is 0 Å². The van der Waals surface area contributed by atoms with Gasteiger partial charge in [0.2, 0.25) is 17.2 Å². The van der Waals surface area contributed by atoms with Crippen LogP contribution in [0.3, 0.4) is 0 Å². The van der Waals surface area contributed by atoms with Crippen LogP contribution >= 0.6 is 0 Å². The normalized spacial score (nSPS) is 11.0. The molecule has 1 aromatic carbocycles. The van der Waals surface area contributed by atoms with Crippen molar-refractivity contribution >= 4 is 5.97 Å². The van der Waals surface area contributed by atoms with E-state index in [1.807, 2.05) is 0 Å². The van der Waals surface area contributed by atoms with Gasteiger partial charge >= 0.3 is 5.97 Å². The van der Waals surface area contributed by atoms with Gasteiger partial charge in [0.15, 0.2) is 17.1 Å². The number of ether oxygens (including phenoxy) is 4. The van der Waals surface area contributed by atoms with E-state index in [0.717, 1.165) is 109 Å². The molecule has 42 heavy (non-hydrogen) atoms. The molecule has 1 aromatic rings. The summed E-state index contributed by atoms with van der Waals surface area (Å²) < 4.78 is 24.7. The van der Waals surface area contributed by atoms with Gasteiger partial charge in [0.25, 0.3) is 0 Å². The predicted molar refractivity (Wildman–Crippen MR) is 172 cm³/mol. The Bertz CT molecular complexity index is 824. The minimum atomic E-state index is -1.28. The van der Waals surface area contributed by atoms with E-state index in [2.05, 4.69) is 27.7 Å². The van der Waals surface area contributed by atoms with Crippen LogP contribution in [-0.2, 0) is 0 Å². The monoisotopic (exact) mass is 594 g/mol. The third-order valence-electron chi connectivity index (χ3n) is 7.49. The number of unbranched alkanes of at least 4 members (excludes halogenated alkanes) is 16.